The molecule has 0 aromatic carbocycles. The third kappa shape index (κ3) is 2.49. The van der Waals surface area contributed by atoms with Gasteiger partial charge in [-0.2, -0.15) is 5.10 Å². The molecule has 7 heteroatoms. The summed E-state index contributed by atoms with van der Waals surface area (Å²) in [5, 5.41) is 19.0. The van der Waals surface area contributed by atoms with Crippen molar-refractivity contribution in [3.8, 4) is 0 Å². The van der Waals surface area contributed by atoms with Gasteiger partial charge < -0.3 is 11.1 Å². The molecule has 20 heavy (non-hydrogen) atoms. The number of nitrogens with one attached hydrogen (secondary N) is 1. The molecule has 1 aliphatic rings. The van der Waals surface area contributed by atoms with Gasteiger partial charge >= 0.3 is 5.69 Å². The zero-order valence-electron chi connectivity index (χ0n) is 12.3. The molecule has 1 aliphatic carbocycles. The van der Waals surface area contributed by atoms with E-state index in [0.717, 1.165) is 25.7 Å². The van der Waals surface area contributed by atoms with E-state index in [1.165, 1.54) is 0 Å². The van der Waals surface area contributed by atoms with Crippen molar-refractivity contribution in [1.82, 2.24) is 9.78 Å². The molecule has 0 aliphatic heterocycles. The summed E-state index contributed by atoms with van der Waals surface area (Å²) in [5.41, 5.74) is 6.19. The van der Waals surface area contributed by atoms with Crippen molar-refractivity contribution in [1.29, 1.82) is 0 Å². The maximum absolute atomic E-state index is 11.3. The Bertz CT molecular complexity index is 503. The van der Waals surface area contributed by atoms with Crippen LogP contribution in [0.4, 0.5) is 11.5 Å². The van der Waals surface area contributed by atoms with Gasteiger partial charge in [0.05, 0.1) is 10.5 Å². The number of hydrogen-bond acceptors (Lipinski definition) is 5. The molecule has 0 radical (unpaired) electrons. The van der Waals surface area contributed by atoms with Gasteiger partial charge in [-0.05, 0) is 33.6 Å². The van der Waals surface area contributed by atoms with Gasteiger partial charge in [0.15, 0.2) is 0 Å². The second-order valence-electron chi connectivity index (χ2n) is 5.89. The van der Waals surface area contributed by atoms with E-state index in [-0.39, 0.29) is 22.2 Å². The topological polar surface area (TPSA) is 99.0 Å². The molecule has 1 fully saturated rings. The Hall–Kier alpha value is -1.63. The van der Waals surface area contributed by atoms with E-state index in [4.69, 9.17) is 5.73 Å². The number of nitrogens with two attached hydrogens (primary N) is 1. The molecule has 0 bridgehead atoms. The molecule has 1 saturated carbocycles. The van der Waals surface area contributed by atoms with Crippen molar-refractivity contribution < 1.29 is 4.92 Å². The number of aryl methyl sites for hydroxylation is 1. The number of rotatable bonds is 5. The fourth-order valence-electron chi connectivity index (χ4n) is 2.93. The van der Waals surface area contributed by atoms with Crippen LogP contribution in [0.3, 0.4) is 0 Å². The first-order chi connectivity index (χ1) is 9.40. The molecule has 0 saturated heterocycles. The number of hydrogen-bond donors (Lipinski definition) is 2. The lowest BCUT2D eigenvalue weighted by molar-refractivity contribution is -0.384. The van der Waals surface area contributed by atoms with E-state index >= 15 is 0 Å². The van der Waals surface area contributed by atoms with E-state index in [0.29, 0.717) is 18.1 Å². The highest BCUT2D eigenvalue weighted by atomic mass is 16.6. The predicted molar refractivity (Wildman–Crippen MR) is 77.9 cm³/mol. The fourth-order valence-corrected chi connectivity index (χ4v) is 2.93. The van der Waals surface area contributed by atoms with Gasteiger partial charge in [-0.3, -0.25) is 10.1 Å². The Morgan fingerprint density at radius 1 is 1.50 bits per heavy atom. The molecular weight excluding hydrogens is 258 g/mol. The van der Waals surface area contributed by atoms with Crippen LogP contribution < -0.4 is 11.1 Å². The highest BCUT2D eigenvalue weighted by Crippen LogP contribution is 2.37. The van der Waals surface area contributed by atoms with Crippen molar-refractivity contribution in [3.05, 3.63) is 15.8 Å². The Morgan fingerprint density at radius 2 is 2.10 bits per heavy atom. The molecule has 3 N–H and O–H groups in total. The van der Waals surface area contributed by atoms with Crippen molar-refractivity contribution in [3.63, 3.8) is 0 Å². The van der Waals surface area contributed by atoms with Gasteiger partial charge in [-0.25, -0.2) is 4.68 Å². The van der Waals surface area contributed by atoms with E-state index in [9.17, 15) is 10.1 Å². The monoisotopic (exact) mass is 281 g/mol. The molecule has 0 atom stereocenters. The molecular formula is C13H23N5O2. The molecule has 112 valence electrons. The smallest absolute Gasteiger partial charge is 0.333 e. The Kier molecular flexibility index (Phi) is 3.99. The van der Waals surface area contributed by atoms with E-state index in [1.807, 2.05) is 13.8 Å². The third-order valence-electron chi connectivity index (χ3n) is 4.06. The summed E-state index contributed by atoms with van der Waals surface area (Å²) in [6, 6.07) is 0.0566. The van der Waals surface area contributed by atoms with Crippen LogP contribution in [0.2, 0.25) is 0 Å². The summed E-state index contributed by atoms with van der Waals surface area (Å²) < 4.78 is 1.70. The van der Waals surface area contributed by atoms with E-state index < -0.39 is 0 Å². The summed E-state index contributed by atoms with van der Waals surface area (Å²) in [5.74, 6) is 0.495. The van der Waals surface area contributed by atoms with Gasteiger partial charge in [-0.15, -0.1) is 0 Å². The number of nitro groups is 1. The molecule has 1 heterocycles. The number of anilines is 1. The normalized spacial score (nSPS) is 17.6. The minimum absolute atomic E-state index is 0.0566. The molecule has 7 nitrogen and oxygen atoms in total. The van der Waals surface area contributed by atoms with Gasteiger partial charge in [-0.1, -0.05) is 12.8 Å². The highest BCUT2D eigenvalue weighted by molar-refractivity contribution is 5.61. The van der Waals surface area contributed by atoms with Crippen LogP contribution in [-0.4, -0.2) is 26.8 Å². The molecule has 0 unspecified atom stereocenters. The summed E-state index contributed by atoms with van der Waals surface area (Å²) in [4.78, 5) is 11.0. The van der Waals surface area contributed by atoms with Crippen LogP contribution in [-0.2, 0) is 0 Å². The largest absolute Gasteiger partial charge is 0.358 e. The standard InChI is InChI=1S/C13H23N5O2/c1-9(2)17-12(11(18(19)20)10(3)16-17)15-13(8-14)6-4-5-7-13/h9,15H,4-8,14H2,1-3H3. The summed E-state index contributed by atoms with van der Waals surface area (Å²) in [6.07, 6.45) is 4.10. The second kappa shape index (κ2) is 5.40. The molecule has 0 amide bonds. The lowest BCUT2D eigenvalue weighted by Crippen LogP contribution is -2.43. The fraction of sp³-hybridized carbons (Fsp3) is 0.769. The minimum atomic E-state index is -0.358. The second-order valence-corrected chi connectivity index (χ2v) is 5.89. The van der Waals surface area contributed by atoms with Crippen LogP contribution >= 0.6 is 0 Å². The van der Waals surface area contributed by atoms with E-state index in [1.54, 1.807) is 11.6 Å². The molecule has 1 aromatic heterocycles. The van der Waals surface area contributed by atoms with Gasteiger partial charge in [0.2, 0.25) is 5.82 Å². The maximum atomic E-state index is 11.3. The first-order valence-corrected chi connectivity index (χ1v) is 7.12. The quantitative estimate of drug-likeness (QED) is 0.637. The zero-order valence-corrected chi connectivity index (χ0v) is 12.3. The van der Waals surface area contributed by atoms with Crippen LogP contribution in [0.5, 0.6) is 0 Å². The first kappa shape index (κ1) is 14.8. The van der Waals surface area contributed by atoms with Crippen LogP contribution in [0.1, 0.15) is 51.3 Å². The number of nitrogens with zero attached hydrogens (tertiary/aromatic N) is 3. The minimum Gasteiger partial charge on any atom is -0.358 e. The van der Waals surface area contributed by atoms with E-state index in [2.05, 4.69) is 10.4 Å². The van der Waals surface area contributed by atoms with Gasteiger partial charge in [0, 0.05) is 12.6 Å². The van der Waals surface area contributed by atoms with Gasteiger partial charge in [0.1, 0.15) is 5.69 Å². The van der Waals surface area contributed by atoms with Crippen molar-refractivity contribution in [2.45, 2.75) is 58.0 Å². The SMILES string of the molecule is Cc1nn(C(C)C)c(NC2(CN)CCCC2)c1[N+](=O)[O-]. The highest BCUT2D eigenvalue weighted by Gasteiger charge is 2.37. The molecule has 2 rings (SSSR count). The first-order valence-electron chi connectivity index (χ1n) is 7.12. The van der Waals surface area contributed by atoms with Crippen molar-refractivity contribution in [2.75, 3.05) is 11.9 Å². The molecule has 0 spiro atoms. The maximum Gasteiger partial charge on any atom is 0.333 e. The van der Waals surface area contributed by atoms with Crippen molar-refractivity contribution in [2.24, 2.45) is 5.73 Å². The lowest BCUT2D eigenvalue weighted by atomic mass is 9.98. The third-order valence-corrected chi connectivity index (χ3v) is 4.06. The number of aromatic nitrogens is 2. The predicted octanol–water partition coefficient (Wildman–Crippen LogP) is 2.36. The molecule has 1 aromatic rings. The Labute approximate surface area is 118 Å². The van der Waals surface area contributed by atoms with Crippen molar-refractivity contribution >= 4 is 11.5 Å². The lowest BCUT2D eigenvalue weighted by Gasteiger charge is -2.30. The Morgan fingerprint density at radius 3 is 2.55 bits per heavy atom. The van der Waals surface area contributed by atoms with Crippen LogP contribution in [0, 0.1) is 17.0 Å². The van der Waals surface area contributed by atoms with Crippen LogP contribution in [0.15, 0.2) is 0 Å². The average molecular weight is 281 g/mol. The Balaban J connectivity index is 2.45. The van der Waals surface area contributed by atoms with Gasteiger partial charge in [0.25, 0.3) is 0 Å². The van der Waals surface area contributed by atoms with Crippen LogP contribution in [0.25, 0.3) is 0 Å². The summed E-state index contributed by atoms with van der Waals surface area (Å²) in [7, 11) is 0. The summed E-state index contributed by atoms with van der Waals surface area (Å²) in [6.45, 7) is 6.08. The zero-order chi connectivity index (χ0) is 14.9. The summed E-state index contributed by atoms with van der Waals surface area (Å²) >= 11 is 0. The average Bonchev–Trinajstić information content (AvgIpc) is 2.95.